The fraction of sp³-hybridized carbons (Fsp3) is 0.0476. The summed E-state index contributed by atoms with van der Waals surface area (Å²) in [6.45, 7) is 1.86. The molecule has 144 valence electrons. The molecule has 0 saturated carbocycles. The molecule has 28 heavy (non-hydrogen) atoms. The molecule has 0 unspecified atom stereocenters. The minimum atomic E-state index is -2.30. The Morgan fingerprint density at radius 1 is 0.714 bits per heavy atom. The molecule has 0 saturated heterocycles. The second-order valence-electron chi connectivity index (χ2n) is 5.98. The molecule has 0 aliphatic heterocycles. The summed E-state index contributed by atoms with van der Waals surface area (Å²) in [6, 6.07) is 10.2. The minimum absolute atomic E-state index is 0.140. The Bertz CT molecular complexity index is 1010. The lowest BCUT2D eigenvalue weighted by atomic mass is 9.98. The lowest BCUT2D eigenvalue weighted by Crippen LogP contribution is -1.97. The molecule has 0 N–H and O–H groups in total. The van der Waals surface area contributed by atoms with Gasteiger partial charge in [-0.3, -0.25) is 0 Å². The van der Waals surface area contributed by atoms with E-state index in [1.165, 1.54) is 0 Å². The Morgan fingerprint density at radius 3 is 1.71 bits per heavy atom. The van der Waals surface area contributed by atoms with E-state index < -0.39 is 46.2 Å². The molecule has 3 aromatic rings. The van der Waals surface area contributed by atoms with Crippen LogP contribution in [0.3, 0.4) is 0 Å². The van der Waals surface area contributed by atoms with Crippen molar-refractivity contribution >= 4 is 0 Å². The minimum Gasteiger partial charge on any atom is -0.453 e. The molecule has 0 atom stereocenters. The molecule has 0 amide bonds. The van der Waals surface area contributed by atoms with E-state index in [1.54, 1.807) is 24.3 Å². The zero-order chi connectivity index (χ0) is 20.4. The van der Waals surface area contributed by atoms with Gasteiger partial charge in [-0.15, -0.1) is 0 Å². The molecule has 1 nitrogen and oxygen atoms in total. The molecule has 0 aromatic heterocycles. The fourth-order valence-corrected chi connectivity index (χ4v) is 2.68. The number of rotatable bonds is 4. The van der Waals surface area contributed by atoms with Crippen LogP contribution in [0.5, 0.6) is 5.75 Å². The average Bonchev–Trinajstić information content (AvgIpc) is 2.60. The van der Waals surface area contributed by atoms with Crippen molar-refractivity contribution in [2.75, 3.05) is 0 Å². The van der Waals surface area contributed by atoms with Crippen LogP contribution in [-0.2, 0) is 0 Å². The van der Waals surface area contributed by atoms with Gasteiger partial charge < -0.3 is 4.74 Å². The van der Waals surface area contributed by atoms with Crippen LogP contribution in [0, 0.1) is 30.2 Å². The van der Waals surface area contributed by atoms with Crippen molar-refractivity contribution in [3.05, 3.63) is 89.7 Å². The highest BCUT2D eigenvalue weighted by molar-refractivity contribution is 5.72. The standard InChI is InChI=1S/C21H12F6O/c1-11-2-4-12(5-3-11)13-6-15(22)20(16(23)7-13)14-8-17(24)21(18(25)9-14)28-10-19(26)27/h2-10H,1H3. The van der Waals surface area contributed by atoms with Crippen molar-refractivity contribution in [2.45, 2.75) is 6.92 Å². The normalized spacial score (nSPS) is 10.7. The molecule has 0 bridgehead atoms. The van der Waals surface area contributed by atoms with Crippen molar-refractivity contribution < 1.29 is 31.1 Å². The highest BCUT2D eigenvalue weighted by atomic mass is 19.3. The lowest BCUT2D eigenvalue weighted by Gasteiger charge is -2.11. The van der Waals surface area contributed by atoms with Crippen LogP contribution in [0.15, 0.2) is 60.9 Å². The second-order valence-corrected chi connectivity index (χ2v) is 5.98. The smallest absolute Gasteiger partial charge is 0.305 e. The molecule has 0 aliphatic carbocycles. The Morgan fingerprint density at radius 2 is 1.21 bits per heavy atom. The van der Waals surface area contributed by atoms with Crippen molar-refractivity contribution in [3.8, 4) is 28.0 Å². The zero-order valence-electron chi connectivity index (χ0n) is 14.4. The predicted molar refractivity (Wildman–Crippen MR) is 92.8 cm³/mol. The van der Waals surface area contributed by atoms with Crippen molar-refractivity contribution in [2.24, 2.45) is 0 Å². The third-order valence-corrected chi connectivity index (χ3v) is 3.98. The van der Waals surface area contributed by atoms with Gasteiger partial charge in [0, 0.05) is 0 Å². The van der Waals surface area contributed by atoms with E-state index >= 15 is 0 Å². The number of ether oxygens (including phenoxy) is 1. The van der Waals surface area contributed by atoms with E-state index in [0.29, 0.717) is 17.7 Å². The van der Waals surface area contributed by atoms with E-state index in [-0.39, 0.29) is 11.8 Å². The van der Waals surface area contributed by atoms with Crippen LogP contribution >= 0.6 is 0 Å². The summed E-state index contributed by atoms with van der Waals surface area (Å²) in [5.74, 6) is -5.92. The molecule has 0 radical (unpaired) electrons. The van der Waals surface area contributed by atoms with Gasteiger partial charge in [-0.2, -0.15) is 8.78 Å². The fourth-order valence-electron chi connectivity index (χ4n) is 2.68. The highest BCUT2D eigenvalue weighted by Crippen LogP contribution is 2.34. The molecule has 0 spiro atoms. The topological polar surface area (TPSA) is 9.23 Å². The lowest BCUT2D eigenvalue weighted by molar-refractivity contribution is 0.344. The summed E-state index contributed by atoms with van der Waals surface area (Å²) < 4.78 is 85.4. The van der Waals surface area contributed by atoms with Gasteiger partial charge in [-0.25, -0.2) is 17.6 Å². The first-order valence-electron chi connectivity index (χ1n) is 7.99. The molecular formula is C21H12F6O. The van der Waals surface area contributed by atoms with E-state index in [0.717, 1.165) is 17.7 Å². The predicted octanol–water partition coefficient (Wildman–Crippen LogP) is 7.00. The van der Waals surface area contributed by atoms with Crippen LogP contribution in [-0.4, -0.2) is 0 Å². The van der Waals surface area contributed by atoms with Crippen LogP contribution in [0.25, 0.3) is 22.3 Å². The van der Waals surface area contributed by atoms with E-state index in [4.69, 9.17) is 0 Å². The highest BCUT2D eigenvalue weighted by Gasteiger charge is 2.19. The van der Waals surface area contributed by atoms with Gasteiger partial charge in [0.1, 0.15) is 11.6 Å². The van der Waals surface area contributed by atoms with Crippen LogP contribution in [0.4, 0.5) is 26.3 Å². The maximum atomic E-state index is 14.6. The summed E-state index contributed by atoms with van der Waals surface area (Å²) in [4.78, 5) is 0. The zero-order valence-corrected chi connectivity index (χ0v) is 14.4. The summed E-state index contributed by atoms with van der Waals surface area (Å²) >= 11 is 0. The van der Waals surface area contributed by atoms with Crippen molar-refractivity contribution in [1.29, 1.82) is 0 Å². The average molecular weight is 394 g/mol. The van der Waals surface area contributed by atoms with Gasteiger partial charge in [0.2, 0.25) is 0 Å². The number of aryl methyl sites for hydroxylation is 1. The van der Waals surface area contributed by atoms with E-state index in [1.807, 2.05) is 6.92 Å². The Balaban J connectivity index is 2.04. The third kappa shape index (κ3) is 4.03. The quantitative estimate of drug-likeness (QED) is 0.342. The maximum absolute atomic E-state index is 14.6. The molecule has 3 rings (SSSR count). The van der Waals surface area contributed by atoms with Crippen LogP contribution < -0.4 is 4.74 Å². The second kappa shape index (κ2) is 7.80. The SMILES string of the molecule is Cc1ccc(-c2cc(F)c(-c3cc(F)c(OC=C(F)F)c(F)c3)c(F)c2)cc1. The summed E-state index contributed by atoms with van der Waals surface area (Å²) in [5, 5.41) is 0. The van der Waals surface area contributed by atoms with Crippen LogP contribution in [0.1, 0.15) is 5.56 Å². The van der Waals surface area contributed by atoms with Gasteiger partial charge in [-0.05, 0) is 47.9 Å². The first kappa shape index (κ1) is 19.5. The Labute approximate surface area is 156 Å². The molecule has 7 heteroatoms. The van der Waals surface area contributed by atoms with E-state index in [9.17, 15) is 26.3 Å². The number of benzene rings is 3. The number of hydrogen-bond acceptors (Lipinski definition) is 1. The molecular weight excluding hydrogens is 382 g/mol. The number of halogens is 6. The largest absolute Gasteiger partial charge is 0.453 e. The van der Waals surface area contributed by atoms with Gasteiger partial charge in [0.25, 0.3) is 0 Å². The first-order chi connectivity index (χ1) is 13.3. The number of hydrogen-bond donors (Lipinski definition) is 0. The van der Waals surface area contributed by atoms with Gasteiger partial charge in [0.05, 0.1) is 5.56 Å². The maximum Gasteiger partial charge on any atom is 0.305 e. The summed E-state index contributed by atoms with van der Waals surface area (Å²) in [7, 11) is 0. The summed E-state index contributed by atoms with van der Waals surface area (Å²) in [5.41, 5.74) is 0.710. The van der Waals surface area contributed by atoms with Crippen molar-refractivity contribution in [3.63, 3.8) is 0 Å². The van der Waals surface area contributed by atoms with Gasteiger partial charge in [-0.1, -0.05) is 29.8 Å². The Kier molecular flexibility index (Phi) is 5.44. The monoisotopic (exact) mass is 394 g/mol. The van der Waals surface area contributed by atoms with Gasteiger partial charge >= 0.3 is 6.08 Å². The first-order valence-corrected chi connectivity index (χ1v) is 7.99. The molecule has 0 aliphatic rings. The van der Waals surface area contributed by atoms with Crippen molar-refractivity contribution in [1.82, 2.24) is 0 Å². The molecule has 0 heterocycles. The third-order valence-electron chi connectivity index (χ3n) is 3.98. The van der Waals surface area contributed by atoms with E-state index in [2.05, 4.69) is 4.74 Å². The molecule has 0 fully saturated rings. The molecule has 3 aromatic carbocycles. The van der Waals surface area contributed by atoms with Gasteiger partial charge in [0.15, 0.2) is 23.6 Å². The van der Waals surface area contributed by atoms with Crippen LogP contribution in [0.2, 0.25) is 0 Å². The Hall–Kier alpha value is -3.22. The summed E-state index contributed by atoms with van der Waals surface area (Å²) in [6.07, 6.45) is -2.44.